The largest absolute Gasteiger partial charge is 0.394 e. The zero-order chi connectivity index (χ0) is 48.0. The van der Waals surface area contributed by atoms with Gasteiger partial charge in [0.25, 0.3) is 0 Å². The van der Waals surface area contributed by atoms with Gasteiger partial charge in [0.15, 0.2) is 6.29 Å². The summed E-state index contributed by atoms with van der Waals surface area (Å²) in [7, 11) is 0. The lowest BCUT2D eigenvalue weighted by Gasteiger charge is -2.40. The van der Waals surface area contributed by atoms with Crippen molar-refractivity contribution >= 4 is 5.91 Å². The molecule has 7 atom stereocenters. The first-order valence-electron chi connectivity index (χ1n) is 27.2. The van der Waals surface area contributed by atoms with Crippen molar-refractivity contribution in [1.29, 1.82) is 0 Å². The van der Waals surface area contributed by atoms with Gasteiger partial charge in [-0.2, -0.15) is 0 Å². The summed E-state index contributed by atoms with van der Waals surface area (Å²) in [4.78, 5) is 13.0. The van der Waals surface area contributed by atoms with Crippen LogP contribution in [-0.2, 0) is 14.3 Å². The Morgan fingerprint density at radius 3 is 1.39 bits per heavy atom. The van der Waals surface area contributed by atoms with Crippen molar-refractivity contribution in [2.75, 3.05) is 13.2 Å². The lowest BCUT2D eigenvalue weighted by molar-refractivity contribution is -0.302. The van der Waals surface area contributed by atoms with Crippen molar-refractivity contribution in [3.63, 3.8) is 0 Å². The summed E-state index contributed by atoms with van der Waals surface area (Å²) in [5.74, 6) is -0.180. The van der Waals surface area contributed by atoms with E-state index in [2.05, 4.69) is 79.9 Å². The highest BCUT2D eigenvalue weighted by Crippen LogP contribution is 2.23. The number of amides is 1. The van der Waals surface area contributed by atoms with Crippen LogP contribution in [0.2, 0.25) is 0 Å². The van der Waals surface area contributed by atoms with Gasteiger partial charge in [0.05, 0.1) is 25.4 Å². The first kappa shape index (κ1) is 61.6. The van der Waals surface area contributed by atoms with Crippen LogP contribution in [0.4, 0.5) is 0 Å². The number of carbonyl (C=O) groups excluding carboxylic acids is 1. The van der Waals surface area contributed by atoms with Crippen molar-refractivity contribution < 1.29 is 39.8 Å². The van der Waals surface area contributed by atoms with Crippen LogP contribution in [0.1, 0.15) is 226 Å². The van der Waals surface area contributed by atoms with E-state index in [0.29, 0.717) is 6.42 Å². The molecule has 1 rings (SSSR count). The zero-order valence-corrected chi connectivity index (χ0v) is 42.2. The summed E-state index contributed by atoms with van der Waals surface area (Å²) in [6, 6.07) is -0.804. The minimum Gasteiger partial charge on any atom is -0.394 e. The van der Waals surface area contributed by atoms with Gasteiger partial charge < -0.3 is 40.3 Å². The van der Waals surface area contributed by atoms with Gasteiger partial charge in [-0.25, -0.2) is 0 Å². The molecule has 1 amide bonds. The molecule has 0 radical (unpaired) electrons. The monoisotopic (exact) mass is 928 g/mol. The number of unbranched alkanes of at least 4 members (excludes halogenated alkanes) is 25. The van der Waals surface area contributed by atoms with Crippen LogP contribution in [0, 0.1) is 0 Å². The Morgan fingerprint density at radius 1 is 0.530 bits per heavy atom. The molecule has 66 heavy (non-hydrogen) atoms. The molecule has 1 saturated heterocycles. The van der Waals surface area contributed by atoms with Gasteiger partial charge in [-0.05, 0) is 64.2 Å². The second-order valence-corrected chi connectivity index (χ2v) is 18.6. The van der Waals surface area contributed by atoms with Crippen LogP contribution < -0.4 is 5.32 Å². The zero-order valence-electron chi connectivity index (χ0n) is 42.2. The molecule has 9 nitrogen and oxygen atoms in total. The maximum Gasteiger partial charge on any atom is 0.220 e. The lowest BCUT2D eigenvalue weighted by Crippen LogP contribution is -2.60. The minimum absolute atomic E-state index is 0.180. The summed E-state index contributed by atoms with van der Waals surface area (Å²) in [6.45, 7) is 3.64. The number of nitrogens with one attached hydrogen (secondary N) is 1. The Hall–Kier alpha value is -2.37. The Balaban J connectivity index is 2.11. The molecule has 0 bridgehead atoms. The first-order chi connectivity index (χ1) is 32.3. The van der Waals surface area contributed by atoms with E-state index in [9.17, 15) is 30.3 Å². The number of ether oxygens (including phenoxy) is 2. The molecular weight excluding hydrogens is 827 g/mol. The second-order valence-electron chi connectivity index (χ2n) is 18.6. The average molecular weight is 928 g/mol. The van der Waals surface area contributed by atoms with Crippen LogP contribution in [0.5, 0.6) is 0 Å². The highest BCUT2D eigenvalue weighted by molar-refractivity contribution is 5.76. The molecule has 9 heteroatoms. The SMILES string of the molecule is CC/C=C\C/C=C\C/C=C\C/C=C\C/C=C\CCCCCCCCCCCCCCCCCCCC(=O)NC(COC1OC(CO)C(O)C(O)C1O)C(O)/C=C/CCCCCCCCCC. The normalized spacial score (nSPS) is 20.4. The highest BCUT2D eigenvalue weighted by atomic mass is 16.7. The van der Waals surface area contributed by atoms with E-state index >= 15 is 0 Å². The van der Waals surface area contributed by atoms with E-state index in [1.807, 2.05) is 6.08 Å². The van der Waals surface area contributed by atoms with Gasteiger partial charge in [0.1, 0.15) is 24.4 Å². The van der Waals surface area contributed by atoms with Gasteiger partial charge in [-0.3, -0.25) is 4.79 Å². The van der Waals surface area contributed by atoms with E-state index in [0.717, 1.165) is 70.6 Å². The Labute approximate surface area is 404 Å². The fraction of sp³-hybridized carbons (Fsp3) is 0.772. The van der Waals surface area contributed by atoms with Crippen LogP contribution in [0.15, 0.2) is 72.9 Å². The van der Waals surface area contributed by atoms with Crippen LogP contribution in [0.3, 0.4) is 0 Å². The third-order valence-corrected chi connectivity index (χ3v) is 12.5. The lowest BCUT2D eigenvalue weighted by atomic mass is 9.99. The Morgan fingerprint density at radius 2 is 0.939 bits per heavy atom. The molecule has 1 aliphatic rings. The molecule has 0 aromatic carbocycles. The molecule has 0 spiro atoms. The fourth-order valence-electron chi connectivity index (χ4n) is 8.24. The number of aliphatic hydroxyl groups excluding tert-OH is 5. The summed E-state index contributed by atoms with van der Waals surface area (Å²) in [6.07, 6.45) is 56.9. The van der Waals surface area contributed by atoms with Crippen LogP contribution >= 0.6 is 0 Å². The predicted molar refractivity (Wildman–Crippen MR) is 276 cm³/mol. The van der Waals surface area contributed by atoms with Crippen molar-refractivity contribution in [3.05, 3.63) is 72.9 Å². The van der Waals surface area contributed by atoms with Gasteiger partial charge in [0, 0.05) is 6.42 Å². The van der Waals surface area contributed by atoms with Crippen LogP contribution in [-0.4, -0.2) is 87.5 Å². The number of rotatable bonds is 45. The van der Waals surface area contributed by atoms with Crippen molar-refractivity contribution in [1.82, 2.24) is 5.32 Å². The van der Waals surface area contributed by atoms with E-state index < -0.39 is 49.5 Å². The molecule has 382 valence electrons. The molecule has 0 saturated carbocycles. The molecule has 1 fully saturated rings. The molecule has 1 heterocycles. The summed E-state index contributed by atoms with van der Waals surface area (Å²) < 4.78 is 11.2. The van der Waals surface area contributed by atoms with E-state index in [1.165, 1.54) is 135 Å². The number of aliphatic hydroxyl groups is 5. The van der Waals surface area contributed by atoms with Crippen molar-refractivity contribution in [2.24, 2.45) is 0 Å². The van der Waals surface area contributed by atoms with Gasteiger partial charge in [-0.1, -0.05) is 228 Å². The second kappa shape index (κ2) is 46.4. The number of carbonyl (C=O) groups is 1. The number of allylic oxidation sites excluding steroid dienone is 11. The van der Waals surface area contributed by atoms with E-state index in [1.54, 1.807) is 6.08 Å². The summed E-state index contributed by atoms with van der Waals surface area (Å²) in [5.41, 5.74) is 0. The van der Waals surface area contributed by atoms with Gasteiger partial charge in [-0.15, -0.1) is 0 Å². The maximum atomic E-state index is 13.0. The van der Waals surface area contributed by atoms with Crippen LogP contribution in [0.25, 0.3) is 0 Å². The molecule has 1 aliphatic heterocycles. The molecule has 0 aromatic heterocycles. The van der Waals surface area contributed by atoms with Gasteiger partial charge >= 0.3 is 0 Å². The third kappa shape index (κ3) is 35.7. The topological polar surface area (TPSA) is 149 Å². The van der Waals surface area contributed by atoms with Crippen molar-refractivity contribution in [3.8, 4) is 0 Å². The summed E-state index contributed by atoms with van der Waals surface area (Å²) >= 11 is 0. The van der Waals surface area contributed by atoms with Gasteiger partial charge in [0.2, 0.25) is 5.91 Å². The standard InChI is InChI=1S/C57H101NO8/c1-3-5-7-9-11-13-15-16-17-18-19-20-21-22-23-24-25-26-27-28-29-30-31-32-33-34-35-36-37-39-41-43-45-47-53(61)58-50(49-65-57-56(64)55(63)54(62)52(48-59)66-57)51(60)46-44-42-40-38-14-12-10-8-6-4-2/h5,7,11,13,16-17,19-20,22-23,44,46,50-52,54-57,59-60,62-64H,3-4,6,8-10,12,14-15,18,21,24-43,45,47-49H2,1-2H3,(H,58,61)/b7-5-,13-11-,17-16-,20-19-,23-22-,46-44+. The number of hydrogen-bond acceptors (Lipinski definition) is 8. The fourth-order valence-corrected chi connectivity index (χ4v) is 8.24. The highest BCUT2D eigenvalue weighted by Gasteiger charge is 2.44. The maximum absolute atomic E-state index is 13.0. The summed E-state index contributed by atoms with van der Waals surface area (Å²) in [5, 5.41) is 54.2. The molecule has 0 aliphatic carbocycles. The molecule has 7 unspecified atom stereocenters. The predicted octanol–water partition coefficient (Wildman–Crippen LogP) is 12.9. The van der Waals surface area contributed by atoms with E-state index in [4.69, 9.17) is 9.47 Å². The first-order valence-corrected chi connectivity index (χ1v) is 27.2. The Bertz CT molecular complexity index is 1260. The molecule has 6 N–H and O–H groups in total. The van der Waals surface area contributed by atoms with Crippen molar-refractivity contribution in [2.45, 2.75) is 269 Å². The average Bonchev–Trinajstić information content (AvgIpc) is 3.32. The van der Waals surface area contributed by atoms with E-state index in [-0.39, 0.29) is 12.5 Å². The Kier molecular flexibility index (Phi) is 43.3. The number of hydrogen-bond donors (Lipinski definition) is 6. The third-order valence-electron chi connectivity index (χ3n) is 12.5. The quantitative estimate of drug-likeness (QED) is 0.0261. The molecular formula is C57H101NO8. The smallest absolute Gasteiger partial charge is 0.220 e. The molecule has 0 aromatic rings. The minimum atomic E-state index is -1.57.